The summed E-state index contributed by atoms with van der Waals surface area (Å²) in [4.78, 5) is 26.6. The fourth-order valence-corrected chi connectivity index (χ4v) is 4.73. The van der Waals surface area contributed by atoms with Crippen molar-refractivity contribution in [1.82, 2.24) is 0 Å². The van der Waals surface area contributed by atoms with Crippen molar-refractivity contribution in [3.63, 3.8) is 0 Å². The second-order valence-corrected chi connectivity index (χ2v) is 10.5. The molecule has 0 aromatic heterocycles. The normalized spacial score (nSPS) is 15.7. The lowest BCUT2D eigenvalue weighted by Gasteiger charge is -2.25. The average Bonchev–Trinajstić information content (AvgIpc) is 3.20. The highest BCUT2D eigenvalue weighted by molar-refractivity contribution is 6.14. The smallest absolute Gasteiger partial charge is 0.200 e. The molecule has 1 aliphatic heterocycles. The number of fused-ring (bicyclic) bond motifs is 1. The van der Waals surface area contributed by atoms with E-state index >= 15 is 0 Å². The van der Waals surface area contributed by atoms with E-state index in [2.05, 4.69) is 13.2 Å². The first kappa shape index (κ1) is 27.2. The summed E-state index contributed by atoms with van der Waals surface area (Å²) < 4.78 is 6.06. The van der Waals surface area contributed by atoms with E-state index in [1.165, 1.54) is 19.1 Å². The minimum atomic E-state index is -1.25. The van der Waals surface area contributed by atoms with Gasteiger partial charge in [0.1, 0.15) is 28.9 Å². The number of rotatable bonds is 10. The summed E-state index contributed by atoms with van der Waals surface area (Å²) in [6, 6.07) is 5.85. The molecule has 6 nitrogen and oxygen atoms in total. The molecular formula is C30H36O6. The van der Waals surface area contributed by atoms with Crippen molar-refractivity contribution in [2.75, 3.05) is 0 Å². The highest BCUT2D eigenvalue weighted by Crippen LogP contribution is 2.47. The van der Waals surface area contributed by atoms with Crippen LogP contribution in [0.15, 0.2) is 48.6 Å². The zero-order chi connectivity index (χ0) is 26.9. The molecule has 0 bridgehead atoms. The van der Waals surface area contributed by atoms with Gasteiger partial charge in [0.05, 0.1) is 5.60 Å². The maximum atomic E-state index is 13.7. The van der Waals surface area contributed by atoms with Crippen LogP contribution in [0, 0.1) is 5.92 Å². The number of ketones is 2. The molecule has 1 heterocycles. The summed E-state index contributed by atoms with van der Waals surface area (Å²) in [6.07, 6.45) is 1.31. The molecule has 2 aromatic rings. The molecule has 6 heteroatoms. The Labute approximate surface area is 212 Å². The highest BCUT2D eigenvalue weighted by Gasteiger charge is 2.42. The highest BCUT2D eigenvalue weighted by atomic mass is 16.5. The average molecular weight is 493 g/mol. The number of ether oxygens (including phenoxy) is 1. The second kappa shape index (κ2) is 10.3. The van der Waals surface area contributed by atoms with Crippen molar-refractivity contribution in [1.29, 1.82) is 0 Å². The molecule has 2 atom stereocenters. The van der Waals surface area contributed by atoms with Crippen LogP contribution in [0.1, 0.15) is 84.9 Å². The number of hydrogen-bond acceptors (Lipinski definition) is 6. The van der Waals surface area contributed by atoms with Crippen molar-refractivity contribution in [2.24, 2.45) is 5.92 Å². The van der Waals surface area contributed by atoms with Crippen molar-refractivity contribution in [3.05, 3.63) is 76.4 Å². The standard InChI is InChI=1S/C30H36O6/c1-16(2)11-12-19(17(3)4)14-22-25(18(5)31)23-15-24(30(6,7)35)36-29(23)26(28(22)34)27(33)20-9-8-10-21(32)13-20/h8-10,13,19,24,32,34-35H,1,3,11-12,14-15H2,2,4-7H3. The molecule has 192 valence electrons. The van der Waals surface area contributed by atoms with Gasteiger partial charge in [0, 0.05) is 28.7 Å². The van der Waals surface area contributed by atoms with E-state index in [1.54, 1.807) is 26.0 Å². The lowest BCUT2D eigenvalue weighted by atomic mass is 9.81. The summed E-state index contributed by atoms with van der Waals surface area (Å²) in [5.41, 5.74) is 1.97. The predicted octanol–water partition coefficient (Wildman–Crippen LogP) is 5.70. The third-order valence-electron chi connectivity index (χ3n) is 6.82. The summed E-state index contributed by atoms with van der Waals surface area (Å²) in [6.45, 7) is 16.6. The number of carbonyl (C=O) groups excluding carboxylic acids is 2. The van der Waals surface area contributed by atoms with Crippen LogP contribution in [0.4, 0.5) is 0 Å². The Morgan fingerprint density at radius 2 is 1.81 bits per heavy atom. The van der Waals surface area contributed by atoms with Crippen LogP contribution in [0.5, 0.6) is 17.2 Å². The lowest BCUT2D eigenvalue weighted by Crippen LogP contribution is -2.39. The molecule has 2 unspecified atom stereocenters. The van der Waals surface area contributed by atoms with Crippen LogP contribution in [-0.2, 0) is 12.8 Å². The second-order valence-electron chi connectivity index (χ2n) is 10.5. The first-order valence-electron chi connectivity index (χ1n) is 12.2. The van der Waals surface area contributed by atoms with Gasteiger partial charge in [0.15, 0.2) is 5.78 Å². The Kier molecular flexibility index (Phi) is 7.79. The molecule has 2 aromatic carbocycles. The molecule has 0 fully saturated rings. The Hall–Kier alpha value is -3.38. The maximum Gasteiger partial charge on any atom is 0.200 e. The van der Waals surface area contributed by atoms with Crippen LogP contribution in [0.2, 0.25) is 0 Å². The Bertz CT molecular complexity index is 1230. The largest absolute Gasteiger partial charge is 0.508 e. The van der Waals surface area contributed by atoms with E-state index in [0.717, 1.165) is 24.0 Å². The topological polar surface area (TPSA) is 104 Å². The third kappa shape index (κ3) is 5.54. The van der Waals surface area contributed by atoms with Gasteiger partial charge in [-0.1, -0.05) is 29.9 Å². The van der Waals surface area contributed by atoms with E-state index in [9.17, 15) is 24.9 Å². The number of phenols is 2. The summed E-state index contributed by atoms with van der Waals surface area (Å²) in [5, 5.41) is 32.2. The maximum absolute atomic E-state index is 13.7. The van der Waals surface area contributed by atoms with Gasteiger partial charge in [-0.2, -0.15) is 0 Å². The van der Waals surface area contributed by atoms with Gasteiger partial charge in [-0.05, 0) is 71.9 Å². The van der Waals surface area contributed by atoms with E-state index < -0.39 is 17.5 Å². The van der Waals surface area contributed by atoms with Gasteiger partial charge in [0.2, 0.25) is 5.78 Å². The fraction of sp³-hybridized carbons (Fsp3) is 0.400. The van der Waals surface area contributed by atoms with E-state index in [4.69, 9.17) is 4.74 Å². The number of hydrogen-bond donors (Lipinski definition) is 3. The Morgan fingerprint density at radius 1 is 1.14 bits per heavy atom. The van der Waals surface area contributed by atoms with Crippen molar-refractivity contribution in [2.45, 2.75) is 72.0 Å². The van der Waals surface area contributed by atoms with Gasteiger partial charge < -0.3 is 20.1 Å². The molecule has 0 aliphatic carbocycles. The van der Waals surface area contributed by atoms with Gasteiger partial charge in [-0.15, -0.1) is 6.58 Å². The number of aliphatic hydroxyl groups is 1. The number of allylic oxidation sites excluding steroid dienone is 2. The molecule has 3 N–H and O–H groups in total. The Balaban J connectivity index is 2.27. The summed E-state index contributed by atoms with van der Waals surface area (Å²) in [5.74, 6) is -1.15. The van der Waals surface area contributed by atoms with Crippen LogP contribution in [-0.4, -0.2) is 38.6 Å². The molecule has 0 saturated carbocycles. The number of phenolic OH excluding ortho intramolecular Hbond substituents is 2. The monoisotopic (exact) mass is 492 g/mol. The van der Waals surface area contributed by atoms with Gasteiger partial charge in [-0.25, -0.2) is 0 Å². The lowest BCUT2D eigenvalue weighted by molar-refractivity contribution is -0.0232. The van der Waals surface area contributed by atoms with Gasteiger partial charge in [-0.3, -0.25) is 9.59 Å². The zero-order valence-corrected chi connectivity index (χ0v) is 21.8. The molecule has 1 aliphatic rings. The quantitative estimate of drug-likeness (QED) is 0.290. The minimum Gasteiger partial charge on any atom is -0.508 e. The van der Waals surface area contributed by atoms with Crippen molar-refractivity contribution >= 4 is 11.6 Å². The van der Waals surface area contributed by atoms with E-state index in [-0.39, 0.29) is 46.5 Å². The number of Topliss-reactive ketones (excluding diaryl/α,β-unsaturated/α-hetero) is 1. The van der Waals surface area contributed by atoms with Crippen LogP contribution in [0.3, 0.4) is 0 Å². The number of aromatic hydroxyl groups is 2. The SMILES string of the molecule is C=C(C)CCC(Cc1c(O)c(C(=O)c2cccc(O)c2)c2c(c1C(C)=O)CC(C(C)(C)O)O2)C(=C)C. The zero-order valence-electron chi connectivity index (χ0n) is 21.8. The van der Waals surface area contributed by atoms with E-state index in [1.807, 2.05) is 13.8 Å². The predicted molar refractivity (Wildman–Crippen MR) is 140 cm³/mol. The molecule has 0 radical (unpaired) electrons. The number of carbonyl (C=O) groups is 2. The van der Waals surface area contributed by atoms with Crippen LogP contribution in [0.25, 0.3) is 0 Å². The molecule has 36 heavy (non-hydrogen) atoms. The molecule has 0 amide bonds. The Morgan fingerprint density at radius 3 is 2.33 bits per heavy atom. The van der Waals surface area contributed by atoms with Gasteiger partial charge >= 0.3 is 0 Å². The summed E-state index contributed by atoms with van der Waals surface area (Å²) >= 11 is 0. The van der Waals surface area contributed by atoms with E-state index in [0.29, 0.717) is 23.1 Å². The molecular weight excluding hydrogens is 456 g/mol. The minimum absolute atomic E-state index is 0.0557. The third-order valence-corrected chi connectivity index (χ3v) is 6.82. The summed E-state index contributed by atoms with van der Waals surface area (Å²) in [7, 11) is 0. The molecule has 0 spiro atoms. The first-order valence-corrected chi connectivity index (χ1v) is 12.2. The first-order chi connectivity index (χ1) is 16.7. The van der Waals surface area contributed by atoms with Crippen molar-refractivity contribution < 1.29 is 29.6 Å². The van der Waals surface area contributed by atoms with Crippen molar-refractivity contribution in [3.8, 4) is 17.2 Å². The van der Waals surface area contributed by atoms with Gasteiger partial charge in [0.25, 0.3) is 0 Å². The van der Waals surface area contributed by atoms with Crippen LogP contribution >= 0.6 is 0 Å². The molecule has 3 rings (SSSR count). The molecule has 0 saturated heterocycles. The van der Waals surface area contributed by atoms with Crippen LogP contribution < -0.4 is 4.74 Å². The fourth-order valence-electron chi connectivity index (χ4n) is 4.73. The number of benzene rings is 2.